The summed E-state index contributed by atoms with van der Waals surface area (Å²) in [5, 5.41) is 12.7. The van der Waals surface area contributed by atoms with Crippen LogP contribution in [0.15, 0.2) is 0 Å². The monoisotopic (exact) mass is 205 g/mol. The second kappa shape index (κ2) is 6.65. The molecular weight excluding hydrogens is 186 g/mol. The van der Waals surface area contributed by atoms with E-state index in [4.69, 9.17) is 9.84 Å². The lowest BCUT2D eigenvalue weighted by Crippen LogP contribution is -2.32. The normalized spacial score (nSPS) is 28.2. The Morgan fingerprint density at radius 2 is 2.38 bits per heavy atom. The molecule has 13 heavy (non-hydrogen) atoms. The van der Waals surface area contributed by atoms with Crippen LogP contribution in [-0.4, -0.2) is 48.5 Å². The third kappa shape index (κ3) is 4.86. The molecule has 1 fully saturated rings. The van der Waals surface area contributed by atoms with Gasteiger partial charge in [-0.1, -0.05) is 6.92 Å². The fourth-order valence-electron chi connectivity index (χ4n) is 1.46. The first kappa shape index (κ1) is 11.3. The quantitative estimate of drug-likeness (QED) is 0.619. The molecule has 0 radical (unpaired) electrons. The minimum Gasteiger partial charge on any atom is -0.394 e. The van der Waals surface area contributed by atoms with Crippen LogP contribution in [0.4, 0.5) is 0 Å². The summed E-state index contributed by atoms with van der Waals surface area (Å²) in [6.45, 7) is 4.45. The first-order valence-corrected chi connectivity index (χ1v) is 5.91. The Kier molecular flexibility index (Phi) is 5.78. The third-order valence-corrected chi connectivity index (χ3v) is 3.47. The molecule has 2 atom stereocenters. The molecule has 0 bridgehead atoms. The zero-order valence-corrected chi connectivity index (χ0v) is 8.98. The molecule has 0 aromatic rings. The first-order chi connectivity index (χ1) is 6.33. The van der Waals surface area contributed by atoms with Gasteiger partial charge in [0.2, 0.25) is 0 Å². The van der Waals surface area contributed by atoms with Gasteiger partial charge >= 0.3 is 0 Å². The smallest absolute Gasteiger partial charge is 0.0698 e. The number of aliphatic hydroxyl groups excluding tert-OH is 1. The second-order valence-corrected chi connectivity index (χ2v) is 4.84. The van der Waals surface area contributed by atoms with E-state index < -0.39 is 0 Å². The van der Waals surface area contributed by atoms with Crippen molar-refractivity contribution in [2.24, 2.45) is 0 Å². The van der Waals surface area contributed by atoms with Gasteiger partial charge in [0.25, 0.3) is 0 Å². The van der Waals surface area contributed by atoms with Crippen molar-refractivity contribution >= 4 is 11.8 Å². The summed E-state index contributed by atoms with van der Waals surface area (Å²) >= 11 is 2.03. The van der Waals surface area contributed by atoms with Gasteiger partial charge in [0.1, 0.15) is 0 Å². The van der Waals surface area contributed by atoms with Gasteiger partial charge in [0.15, 0.2) is 0 Å². The zero-order valence-electron chi connectivity index (χ0n) is 8.16. The van der Waals surface area contributed by atoms with E-state index in [9.17, 15) is 0 Å². The lowest BCUT2D eigenvalue weighted by molar-refractivity contribution is 0.0929. The average molecular weight is 205 g/mol. The number of ether oxygens (including phenoxy) is 1. The minimum atomic E-state index is 0.121. The maximum absolute atomic E-state index is 8.46. The molecule has 3 nitrogen and oxygen atoms in total. The van der Waals surface area contributed by atoms with Crippen LogP contribution >= 0.6 is 11.8 Å². The molecule has 0 aromatic heterocycles. The third-order valence-electron chi connectivity index (χ3n) is 2.11. The lowest BCUT2D eigenvalue weighted by atomic mass is 10.2. The lowest BCUT2D eigenvalue weighted by Gasteiger charge is -2.11. The molecule has 0 aliphatic carbocycles. The van der Waals surface area contributed by atoms with Crippen LogP contribution in [0, 0.1) is 0 Å². The Labute approximate surface area is 84.2 Å². The van der Waals surface area contributed by atoms with Crippen molar-refractivity contribution in [3.8, 4) is 0 Å². The maximum atomic E-state index is 8.46. The van der Waals surface area contributed by atoms with Crippen molar-refractivity contribution in [1.29, 1.82) is 0 Å². The van der Waals surface area contributed by atoms with E-state index in [-0.39, 0.29) is 6.61 Å². The Morgan fingerprint density at radius 3 is 3.00 bits per heavy atom. The predicted octanol–water partition coefficient (Wildman–Crippen LogP) is 0.479. The van der Waals surface area contributed by atoms with Crippen molar-refractivity contribution in [1.82, 2.24) is 5.32 Å². The van der Waals surface area contributed by atoms with Crippen LogP contribution in [0.1, 0.15) is 13.3 Å². The van der Waals surface area contributed by atoms with Gasteiger partial charge in [-0.3, -0.25) is 0 Å². The van der Waals surface area contributed by atoms with E-state index in [2.05, 4.69) is 12.2 Å². The zero-order chi connectivity index (χ0) is 9.52. The Bertz CT molecular complexity index is 135. The predicted molar refractivity (Wildman–Crippen MR) is 56.2 cm³/mol. The number of hydrogen-bond donors (Lipinski definition) is 2. The molecule has 0 aromatic carbocycles. The highest BCUT2D eigenvalue weighted by molar-refractivity contribution is 8.00. The van der Waals surface area contributed by atoms with Crippen LogP contribution in [0.2, 0.25) is 0 Å². The van der Waals surface area contributed by atoms with Crippen LogP contribution < -0.4 is 5.32 Å². The van der Waals surface area contributed by atoms with Gasteiger partial charge in [-0.15, -0.1) is 0 Å². The van der Waals surface area contributed by atoms with Crippen LogP contribution in [-0.2, 0) is 4.74 Å². The van der Waals surface area contributed by atoms with Gasteiger partial charge in [-0.05, 0) is 6.42 Å². The number of rotatable bonds is 6. The topological polar surface area (TPSA) is 41.5 Å². The second-order valence-electron chi connectivity index (χ2n) is 3.37. The van der Waals surface area contributed by atoms with Gasteiger partial charge in [-0.2, -0.15) is 11.8 Å². The van der Waals surface area contributed by atoms with E-state index >= 15 is 0 Å². The molecule has 1 heterocycles. The Hall–Kier alpha value is 0.230. The van der Waals surface area contributed by atoms with Crippen LogP contribution in [0.25, 0.3) is 0 Å². The molecule has 0 amide bonds. The molecule has 1 saturated heterocycles. The Morgan fingerprint density at radius 1 is 1.54 bits per heavy atom. The molecule has 78 valence electrons. The molecule has 2 unspecified atom stereocenters. The highest BCUT2D eigenvalue weighted by Gasteiger charge is 2.20. The van der Waals surface area contributed by atoms with Gasteiger partial charge < -0.3 is 15.2 Å². The average Bonchev–Trinajstić information content (AvgIpc) is 2.51. The molecule has 2 N–H and O–H groups in total. The number of aliphatic hydroxyl groups is 1. The van der Waals surface area contributed by atoms with Crippen LogP contribution in [0.5, 0.6) is 0 Å². The summed E-state index contributed by atoms with van der Waals surface area (Å²) in [4.78, 5) is 0. The fourth-order valence-corrected chi connectivity index (χ4v) is 2.64. The maximum Gasteiger partial charge on any atom is 0.0698 e. The molecule has 1 rings (SSSR count). The van der Waals surface area contributed by atoms with Crippen molar-refractivity contribution in [3.05, 3.63) is 0 Å². The standard InChI is InChI=1S/C9H19NO2S/c1-8-6-9(7-13-8)10-2-4-12-5-3-11/h8-11H,2-7H2,1H3. The fraction of sp³-hybridized carbons (Fsp3) is 1.00. The highest BCUT2D eigenvalue weighted by Crippen LogP contribution is 2.25. The van der Waals surface area contributed by atoms with E-state index in [1.165, 1.54) is 12.2 Å². The molecule has 1 aliphatic rings. The van der Waals surface area contributed by atoms with Gasteiger partial charge in [0.05, 0.1) is 19.8 Å². The SMILES string of the molecule is CC1CC(NCCOCCO)CS1. The summed E-state index contributed by atoms with van der Waals surface area (Å²) in [7, 11) is 0. The van der Waals surface area contributed by atoms with E-state index in [0.717, 1.165) is 11.8 Å². The van der Waals surface area contributed by atoms with Crippen molar-refractivity contribution in [3.63, 3.8) is 0 Å². The van der Waals surface area contributed by atoms with Crippen molar-refractivity contribution < 1.29 is 9.84 Å². The van der Waals surface area contributed by atoms with E-state index in [0.29, 0.717) is 19.3 Å². The first-order valence-electron chi connectivity index (χ1n) is 4.86. The number of hydrogen-bond acceptors (Lipinski definition) is 4. The minimum absolute atomic E-state index is 0.121. The summed E-state index contributed by atoms with van der Waals surface area (Å²) < 4.78 is 5.15. The molecule has 0 saturated carbocycles. The highest BCUT2D eigenvalue weighted by atomic mass is 32.2. The molecule has 1 aliphatic heterocycles. The molecule has 4 heteroatoms. The Balaban J connectivity index is 1.88. The largest absolute Gasteiger partial charge is 0.394 e. The number of thioether (sulfide) groups is 1. The van der Waals surface area contributed by atoms with Gasteiger partial charge in [0, 0.05) is 23.6 Å². The summed E-state index contributed by atoms with van der Waals surface area (Å²) in [5.74, 6) is 1.22. The van der Waals surface area contributed by atoms with Crippen LogP contribution in [0.3, 0.4) is 0 Å². The van der Waals surface area contributed by atoms with E-state index in [1.54, 1.807) is 0 Å². The van der Waals surface area contributed by atoms with E-state index in [1.807, 2.05) is 11.8 Å². The molecule has 0 spiro atoms. The molecular formula is C9H19NO2S. The summed E-state index contributed by atoms with van der Waals surface area (Å²) in [6, 6.07) is 0.665. The van der Waals surface area contributed by atoms with Crippen molar-refractivity contribution in [2.75, 3.05) is 32.1 Å². The summed E-state index contributed by atoms with van der Waals surface area (Å²) in [5.41, 5.74) is 0. The number of nitrogens with one attached hydrogen (secondary N) is 1. The van der Waals surface area contributed by atoms with Gasteiger partial charge in [-0.25, -0.2) is 0 Å². The van der Waals surface area contributed by atoms with Crippen molar-refractivity contribution in [2.45, 2.75) is 24.6 Å². The summed E-state index contributed by atoms with van der Waals surface area (Å²) in [6.07, 6.45) is 1.27.